The summed E-state index contributed by atoms with van der Waals surface area (Å²) in [5.74, 6) is 2.32. The Morgan fingerprint density at radius 3 is 2.41 bits per heavy atom. The maximum atomic E-state index is 12.6. The minimum absolute atomic E-state index is 0.341. The van der Waals surface area contributed by atoms with Crippen molar-refractivity contribution in [2.45, 2.75) is 6.92 Å². The lowest BCUT2D eigenvalue weighted by molar-refractivity contribution is 0.0950. The minimum atomic E-state index is -0.341. The number of para-hydroxylation sites is 1. The largest absolute Gasteiger partial charge is 0.493 e. The van der Waals surface area contributed by atoms with Gasteiger partial charge in [-0.25, -0.2) is 5.43 Å². The zero-order chi connectivity index (χ0) is 22.5. The van der Waals surface area contributed by atoms with Crippen LogP contribution in [0.2, 0.25) is 0 Å². The van der Waals surface area contributed by atoms with Crippen LogP contribution in [0.1, 0.15) is 23.0 Å². The van der Waals surface area contributed by atoms with Crippen LogP contribution >= 0.6 is 0 Å². The average Bonchev–Trinajstić information content (AvgIpc) is 3.26. The molecule has 1 amide bonds. The summed E-state index contributed by atoms with van der Waals surface area (Å²) < 4.78 is 16.4. The lowest BCUT2D eigenvalue weighted by atomic mass is 10.1. The van der Waals surface area contributed by atoms with Crippen LogP contribution in [0.5, 0.6) is 23.0 Å². The van der Waals surface area contributed by atoms with Crippen molar-refractivity contribution in [3.63, 3.8) is 0 Å². The highest BCUT2D eigenvalue weighted by atomic mass is 16.5. The predicted molar refractivity (Wildman–Crippen MR) is 124 cm³/mol. The fraction of sp³-hybridized carbons (Fsp3) is 0.120. The molecule has 0 aliphatic rings. The van der Waals surface area contributed by atoms with E-state index >= 15 is 0 Å². The van der Waals surface area contributed by atoms with E-state index < -0.39 is 0 Å². The van der Waals surface area contributed by atoms with E-state index in [9.17, 15) is 4.79 Å². The zero-order valence-corrected chi connectivity index (χ0v) is 18.0. The van der Waals surface area contributed by atoms with Crippen molar-refractivity contribution in [1.29, 1.82) is 0 Å². The summed E-state index contributed by atoms with van der Waals surface area (Å²) in [5.41, 5.74) is 5.27. The molecule has 0 bridgehead atoms. The van der Waals surface area contributed by atoms with Crippen LogP contribution in [0.15, 0.2) is 77.9 Å². The predicted octanol–water partition coefficient (Wildman–Crippen LogP) is 5.13. The fourth-order valence-corrected chi connectivity index (χ4v) is 3.24. The average molecular weight is 429 g/mol. The van der Waals surface area contributed by atoms with Crippen molar-refractivity contribution in [2.24, 2.45) is 5.10 Å². The molecule has 0 aliphatic heterocycles. The third-order valence-corrected chi connectivity index (χ3v) is 4.94. The quantitative estimate of drug-likeness (QED) is 0.315. The molecule has 0 radical (unpaired) electrons. The number of carbonyl (C=O) groups is 1. The zero-order valence-electron chi connectivity index (χ0n) is 18.0. The second kappa shape index (κ2) is 9.26. The van der Waals surface area contributed by atoms with Gasteiger partial charge in [0.15, 0.2) is 11.5 Å². The number of aromatic nitrogens is 1. The van der Waals surface area contributed by atoms with Crippen molar-refractivity contribution in [1.82, 2.24) is 10.4 Å². The number of H-pyrrole nitrogens is 1. The summed E-state index contributed by atoms with van der Waals surface area (Å²) in [6, 6.07) is 22.4. The number of hydrogen-bond donors (Lipinski definition) is 2. The summed E-state index contributed by atoms with van der Waals surface area (Å²) in [4.78, 5) is 15.7. The van der Waals surface area contributed by atoms with Crippen molar-refractivity contribution in [3.05, 3.63) is 84.1 Å². The number of carbonyl (C=O) groups excluding carboxylic acids is 1. The van der Waals surface area contributed by atoms with Gasteiger partial charge in [0.05, 0.1) is 19.9 Å². The molecule has 0 fully saturated rings. The lowest BCUT2D eigenvalue weighted by Crippen LogP contribution is -2.19. The van der Waals surface area contributed by atoms with Crippen LogP contribution in [0.4, 0.5) is 0 Å². The smallest absolute Gasteiger partial charge is 0.287 e. The highest BCUT2D eigenvalue weighted by molar-refractivity contribution is 6.02. The van der Waals surface area contributed by atoms with Gasteiger partial charge < -0.3 is 19.2 Å². The van der Waals surface area contributed by atoms with Crippen LogP contribution in [-0.4, -0.2) is 30.8 Å². The first-order valence-corrected chi connectivity index (χ1v) is 10.00. The number of nitrogens with zero attached hydrogens (tertiary/aromatic N) is 1. The molecule has 0 spiro atoms. The lowest BCUT2D eigenvalue weighted by Gasteiger charge is -2.09. The van der Waals surface area contributed by atoms with Gasteiger partial charge in [-0.1, -0.05) is 18.2 Å². The van der Waals surface area contributed by atoms with E-state index in [1.54, 1.807) is 39.3 Å². The number of hydrazone groups is 1. The first-order chi connectivity index (χ1) is 15.6. The van der Waals surface area contributed by atoms with Gasteiger partial charge in [0.2, 0.25) is 0 Å². The van der Waals surface area contributed by atoms with Gasteiger partial charge in [-0.05, 0) is 61.5 Å². The van der Waals surface area contributed by atoms with Gasteiger partial charge in [0, 0.05) is 16.5 Å². The van der Waals surface area contributed by atoms with Crippen LogP contribution in [0.25, 0.3) is 10.9 Å². The molecular formula is C25H23N3O4. The Morgan fingerprint density at radius 2 is 1.66 bits per heavy atom. The number of ether oxygens (including phenoxy) is 3. The Kier molecular flexibility index (Phi) is 6.07. The second-order valence-electron chi connectivity index (χ2n) is 7.06. The van der Waals surface area contributed by atoms with Crippen molar-refractivity contribution < 1.29 is 19.0 Å². The van der Waals surface area contributed by atoms with Crippen LogP contribution in [0, 0.1) is 0 Å². The van der Waals surface area contributed by atoms with E-state index in [1.807, 2.05) is 54.6 Å². The molecule has 3 aromatic carbocycles. The number of fused-ring (bicyclic) bond motifs is 1. The van der Waals surface area contributed by atoms with Gasteiger partial charge in [-0.3, -0.25) is 4.79 Å². The topological polar surface area (TPSA) is 84.9 Å². The number of amides is 1. The van der Waals surface area contributed by atoms with E-state index in [4.69, 9.17) is 14.2 Å². The number of nitrogens with one attached hydrogen (secondary N) is 2. The Morgan fingerprint density at radius 1 is 0.875 bits per heavy atom. The molecule has 7 heteroatoms. The highest BCUT2D eigenvalue weighted by Crippen LogP contribution is 2.28. The minimum Gasteiger partial charge on any atom is -0.493 e. The molecule has 0 saturated heterocycles. The Hall–Kier alpha value is -4.26. The van der Waals surface area contributed by atoms with Crippen LogP contribution < -0.4 is 19.6 Å². The fourth-order valence-electron chi connectivity index (χ4n) is 3.24. The molecule has 7 nitrogen and oxygen atoms in total. The third-order valence-electron chi connectivity index (χ3n) is 4.94. The van der Waals surface area contributed by atoms with Crippen molar-refractivity contribution >= 4 is 22.5 Å². The van der Waals surface area contributed by atoms with Gasteiger partial charge in [-0.15, -0.1) is 0 Å². The van der Waals surface area contributed by atoms with Crippen LogP contribution in [-0.2, 0) is 0 Å². The maximum absolute atomic E-state index is 12.6. The third kappa shape index (κ3) is 4.57. The summed E-state index contributed by atoms with van der Waals surface area (Å²) in [6.45, 7) is 1.81. The SMILES string of the molecule is COc1ccc(/C(C)=N/NC(=O)c2cc3cc(Oc4ccccc4)ccc3[nH]2)cc1OC. The normalized spacial score (nSPS) is 11.3. The first kappa shape index (κ1) is 21.0. The molecule has 4 rings (SSSR count). The Labute approximate surface area is 185 Å². The summed E-state index contributed by atoms with van der Waals surface area (Å²) in [6.07, 6.45) is 0. The summed E-state index contributed by atoms with van der Waals surface area (Å²) in [5, 5.41) is 5.09. The number of rotatable bonds is 7. The molecule has 0 aliphatic carbocycles. The van der Waals surface area contributed by atoms with E-state index in [0.29, 0.717) is 28.7 Å². The highest BCUT2D eigenvalue weighted by Gasteiger charge is 2.11. The van der Waals surface area contributed by atoms with Gasteiger partial charge in [0.1, 0.15) is 17.2 Å². The molecule has 32 heavy (non-hydrogen) atoms. The Balaban J connectivity index is 1.48. The molecule has 2 N–H and O–H groups in total. The molecule has 4 aromatic rings. The van der Waals surface area contributed by atoms with Crippen molar-refractivity contribution in [2.75, 3.05) is 14.2 Å². The van der Waals surface area contributed by atoms with Gasteiger partial charge >= 0.3 is 0 Å². The van der Waals surface area contributed by atoms with E-state index in [0.717, 1.165) is 22.2 Å². The Bertz CT molecular complexity index is 1280. The first-order valence-electron chi connectivity index (χ1n) is 10.00. The monoisotopic (exact) mass is 429 g/mol. The van der Waals surface area contributed by atoms with Gasteiger partial charge in [0.25, 0.3) is 5.91 Å². The second-order valence-corrected chi connectivity index (χ2v) is 7.06. The molecule has 0 atom stereocenters. The van der Waals surface area contributed by atoms with Gasteiger partial charge in [-0.2, -0.15) is 5.10 Å². The maximum Gasteiger partial charge on any atom is 0.287 e. The summed E-state index contributed by atoms with van der Waals surface area (Å²) in [7, 11) is 3.15. The number of aromatic amines is 1. The van der Waals surface area contributed by atoms with E-state index in [-0.39, 0.29) is 5.91 Å². The number of methoxy groups -OCH3 is 2. The molecule has 1 heterocycles. The van der Waals surface area contributed by atoms with Crippen molar-refractivity contribution in [3.8, 4) is 23.0 Å². The standard InChI is InChI=1S/C25H23N3O4/c1-16(17-9-12-23(30-2)24(15-17)31-3)27-28-25(29)22-14-18-13-20(10-11-21(18)26-22)32-19-7-5-4-6-8-19/h4-15,26H,1-3H3,(H,28,29)/b27-16+. The summed E-state index contributed by atoms with van der Waals surface area (Å²) >= 11 is 0. The molecule has 162 valence electrons. The molecule has 0 unspecified atom stereocenters. The number of benzene rings is 3. The molecular weight excluding hydrogens is 406 g/mol. The molecule has 0 saturated carbocycles. The molecule has 1 aromatic heterocycles. The van der Waals surface area contributed by atoms with E-state index in [1.165, 1.54) is 0 Å². The van der Waals surface area contributed by atoms with E-state index in [2.05, 4.69) is 15.5 Å². The van der Waals surface area contributed by atoms with Crippen LogP contribution in [0.3, 0.4) is 0 Å². The number of hydrogen-bond acceptors (Lipinski definition) is 5.